The number of anilines is 2. The van der Waals surface area contributed by atoms with Crippen molar-refractivity contribution in [3.05, 3.63) is 46.7 Å². The zero-order valence-electron chi connectivity index (χ0n) is 14.7. The van der Waals surface area contributed by atoms with Crippen molar-refractivity contribution in [2.75, 3.05) is 36.0 Å². The first-order valence-electron chi connectivity index (χ1n) is 8.43. The van der Waals surface area contributed by atoms with Gasteiger partial charge in [0.05, 0.1) is 10.2 Å². The summed E-state index contributed by atoms with van der Waals surface area (Å²) in [6.45, 7) is 7.41. The van der Waals surface area contributed by atoms with Gasteiger partial charge in [0.1, 0.15) is 12.1 Å². The third-order valence-corrected chi connectivity index (χ3v) is 4.77. The number of aromatic nitrogens is 6. The second-order valence-corrected chi connectivity index (χ2v) is 7.16. The fraction of sp³-hybridized carbons (Fsp3) is 0.353. The second kappa shape index (κ2) is 6.99. The van der Waals surface area contributed by atoms with E-state index in [4.69, 9.17) is 0 Å². The van der Waals surface area contributed by atoms with Gasteiger partial charge < -0.3 is 9.80 Å². The number of aryl methyl sites for hydroxylation is 2. The summed E-state index contributed by atoms with van der Waals surface area (Å²) in [5.41, 5.74) is 2.04. The highest BCUT2D eigenvalue weighted by Gasteiger charge is 2.20. The lowest BCUT2D eigenvalue weighted by Gasteiger charge is -2.35. The summed E-state index contributed by atoms with van der Waals surface area (Å²) in [4.78, 5) is 22.0. The van der Waals surface area contributed by atoms with Gasteiger partial charge in [-0.1, -0.05) is 0 Å². The molecule has 0 aliphatic carbocycles. The van der Waals surface area contributed by atoms with Crippen molar-refractivity contribution < 1.29 is 0 Å². The van der Waals surface area contributed by atoms with Crippen LogP contribution in [0.5, 0.6) is 0 Å². The fourth-order valence-electron chi connectivity index (χ4n) is 3.09. The van der Waals surface area contributed by atoms with Crippen LogP contribution in [0.3, 0.4) is 0 Å². The van der Waals surface area contributed by atoms with E-state index in [9.17, 15) is 0 Å². The first-order chi connectivity index (χ1) is 12.6. The van der Waals surface area contributed by atoms with Crippen molar-refractivity contribution in [3.8, 4) is 5.82 Å². The Kier molecular flexibility index (Phi) is 4.54. The lowest BCUT2D eigenvalue weighted by Crippen LogP contribution is -2.47. The summed E-state index contributed by atoms with van der Waals surface area (Å²) in [5, 5.41) is 4.50. The quantitative estimate of drug-likeness (QED) is 0.649. The summed E-state index contributed by atoms with van der Waals surface area (Å²) in [6, 6.07) is 4.03. The first-order valence-corrected chi connectivity index (χ1v) is 9.22. The topological polar surface area (TPSA) is 75.9 Å². The van der Waals surface area contributed by atoms with Gasteiger partial charge in [-0.15, -0.1) is 0 Å². The monoisotopic (exact) mass is 414 g/mol. The van der Waals surface area contributed by atoms with Crippen LogP contribution in [0.15, 0.2) is 35.3 Å². The maximum Gasteiger partial charge on any atom is 0.225 e. The molecule has 1 aliphatic heterocycles. The zero-order valence-corrected chi connectivity index (χ0v) is 16.3. The van der Waals surface area contributed by atoms with Gasteiger partial charge in [-0.3, -0.25) is 0 Å². The van der Waals surface area contributed by atoms with E-state index in [1.165, 1.54) is 0 Å². The van der Waals surface area contributed by atoms with E-state index >= 15 is 0 Å². The Morgan fingerprint density at radius 3 is 2.15 bits per heavy atom. The Morgan fingerprint density at radius 1 is 0.846 bits per heavy atom. The van der Waals surface area contributed by atoms with E-state index < -0.39 is 0 Å². The van der Waals surface area contributed by atoms with E-state index in [2.05, 4.69) is 50.8 Å². The molecule has 0 bridgehead atoms. The lowest BCUT2D eigenvalue weighted by atomic mass is 10.3. The van der Waals surface area contributed by atoms with Gasteiger partial charge in [-0.2, -0.15) is 5.10 Å². The van der Waals surface area contributed by atoms with Crippen LogP contribution in [0.25, 0.3) is 5.82 Å². The average Bonchev–Trinajstić information content (AvgIpc) is 3.01. The van der Waals surface area contributed by atoms with Gasteiger partial charge in [-0.25, -0.2) is 24.6 Å². The van der Waals surface area contributed by atoms with Crippen LogP contribution < -0.4 is 9.80 Å². The van der Waals surface area contributed by atoms with Crippen LogP contribution in [-0.4, -0.2) is 55.9 Å². The van der Waals surface area contributed by atoms with Gasteiger partial charge in [-0.05, 0) is 35.8 Å². The summed E-state index contributed by atoms with van der Waals surface area (Å²) in [7, 11) is 0. The van der Waals surface area contributed by atoms with Crippen molar-refractivity contribution in [2.45, 2.75) is 13.8 Å². The highest BCUT2D eigenvalue weighted by atomic mass is 79.9. The molecule has 0 spiro atoms. The van der Waals surface area contributed by atoms with Gasteiger partial charge in [0.2, 0.25) is 5.95 Å². The highest BCUT2D eigenvalue weighted by molar-refractivity contribution is 9.10. The molecule has 26 heavy (non-hydrogen) atoms. The Bertz CT molecular complexity index is 899. The standard InChI is InChI=1S/C17H19BrN8/c1-12-7-13(2)26(23-12)16-8-15(21-11-22-16)24-3-5-25(6-4-24)17-19-9-14(18)10-20-17/h7-11H,3-6H2,1-2H3. The minimum Gasteiger partial charge on any atom is -0.353 e. The van der Waals surface area contributed by atoms with Crippen LogP contribution >= 0.6 is 15.9 Å². The molecule has 1 saturated heterocycles. The molecule has 0 amide bonds. The molecule has 0 N–H and O–H groups in total. The molecular weight excluding hydrogens is 396 g/mol. The van der Waals surface area contributed by atoms with Crippen molar-refractivity contribution in [1.82, 2.24) is 29.7 Å². The molecule has 9 heteroatoms. The van der Waals surface area contributed by atoms with Gasteiger partial charge >= 0.3 is 0 Å². The van der Waals surface area contributed by atoms with E-state index in [1.807, 2.05) is 30.7 Å². The molecule has 3 aromatic rings. The van der Waals surface area contributed by atoms with Crippen LogP contribution in [0.2, 0.25) is 0 Å². The van der Waals surface area contributed by atoms with E-state index in [-0.39, 0.29) is 0 Å². The Labute approximate surface area is 160 Å². The molecule has 134 valence electrons. The normalized spacial score (nSPS) is 14.7. The van der Waals surface area contributed by atoms with E-state index in [1.54, 1.807) is 18.7 Å². The Balaban J connectivity index is 1.48. The summed E-state index contributed by atoms with van der Waals surface area (Å²) >= 11 is 3.37. The maximum absolute atomic E-state index is 4.50. The van der Waals surface area contributed by atoms with Gasteiger partial charge in [0.25, 0.3) is 0 Å². The summed E-state index contributed by atoms with van der Waals surface area (Å²) in [6.07, 6.45) is 5.16. The summed E-state index contributed by atoms with van der Waals surface area (Å²) in [5.74, 6) is 2.47. The molecule has 1 aliphatic rings. The molecule has 0 saturated carbocycles. The lowest BCUT2D eigenvalue weighted by molar-refractivity contribution is 0.633. The minimum absolute atomic E-state index is 0.763. The third-order valence-electron chi connectivity index (χ3n) is 4.36. The van der Waals surface area contributed by atoms with Crippen molar-refractivity contribution in [3.63, 3.8) is 0 Å². The van der Waals surface area contributed by atoms with E-state index in [0.717, 1.165) is 59.6 Å². The largest absolute Gasteiger partial charge is 0.353 e. The molecule has 0 unspecified atom stereocenters. The molecule has 3 aromatic heterocycles. The third kappa shape index (κ3) is 3.39. The van der Waals surface area contributed by atoms with Crippen LogP contribution in [0.1, 0.15) is 11.4 Å². The maximum atomic E-state index is 4.50. The Hall–Kier alpha value is -2.55. The molecular formula is C17H19BrN8. The number of rotatable bonds is 3. The van der Waals surface area contributed by atoms with Crippen molar-refractivity contribution >= 4 is 27.7 Å². The van der Waals surface area contributed by atoms with Crippen LogP contribution in [0, 0.1) is 13.8 Å². The molecule has 0 atom stereocenters. The first kappa shape index (κ1) is 16.9. The number of halogens is 1. The number of hydrogen-bond acceptors (Lipinski definition) is 7. The predicted molar refractivity (Wildman–Crippen MR) is 103 cm³/mol. The highest BCUT2D eigenvalue weighted by Crippen LogP contribution is 2.19. The molecule has 4 heterocycles. The number of hydrogen-bond donors (Lipinski definition) is 0. The SMILES string of the molecule is Cc1cc(C)n(-c2cc(N3CCN(c4ncc(Br)cn4)CC3)ncn2)n1. The molecule has 0 aromatic carbocycles. The molecule has 1 fully saturated rings. The minimum atomic E-state index is 0.763. The Morgan fingerprint density at radius 2 is 1.50 bits per heavy atom. The van der Waals surface area contributed by atoms with E-state index in [0.29, 0.717) is 0 Å². The van der Waals surface area contributed by atoms with Crippen molar-refractivity contribution in [1.29, 1.82) is 0 Å². The second-order valence-electron chi connectivity index (χ2n) is 6.25. The van der Waals surface area contributed by atoms with Crippen molar-refractivity contribution in [2.24, 2.45) is 0 Å². The number of piperazine rings is 1. The molecule has 8 nitrogen and oxygen atoms in total. The predicted octanol–water partition coefficient (Wildman–Crippen LogP) is 2.16. The van der Waals surface area contributed by atoms with Crippen LogP contribution in [-0.2, 0) is 0 Å². The van der Waals surface area contributed by atoms with Gasteiger partial charge in [0.15, 0.2) is 5.82 Å². The zero-order chi connectivity index (χ0) is 18.1. The number of nitrogens with zero attached hydrogens (tertiary/aromatic N) is 8. The van der Waals surface area contributed by atoms with Crippen LogP contribution in [0.4, 0.5) is 11.8 Å². The average molecular weight is 415 g/mol. The fourth-order valence-corrected chi connectivity index (χ4v) is 3.30. The molecule has 4 rings (SSSR count). The summed E-state index contributed by atoms with van der Waals surface area (Å²) < 4.78 is 2.74. The molecule has 0 radical (unpaired) electrons. The van der Waals surface area contributed by atoms with Gasteiger partial charge in [0, 0.05) is 50.3 Å². The smallest absolute Gasteiger partial charge is 0.225 e.